The number of nitrogens with zero attached hydrogens (tertiary/aromatic N) is 1. The maximum atomic E-state index is 12.9. The van der Waals surface area contributed by atoms with Crippen molar-refractivity contribution in [1.82, 2.24) is 5.32 Å². The first-order chi connectivity index (χ1) is 15.9. The molecule has 10 heteroatoms. The number of hydrogen-bond donors (Lipinski definition) is 4. The van der Waals surface area contributed by atoms with E-state index in [0.29, 0.717) is 24.0 Å². The molecule has 1 aliphatic carbocycles. The van der Waals surface area contributed by atoms with E-state index >= 15 is 0 Å². The van der Waals surface area contributed by atoms with Gasteiger partial charge in [-0.15, -0.1) is 0 Å². The summed E-state index contributed by atoms with van der Waals surface area (Å²) in [5.41, 5.74) is 0.816. The van der Waals surface area contributed by atoms with Crippen LogP contribution in [0.25, 0.3) is 0 Å². The molecule has 0 spiro atoms. The number of methoxy groups -OCH3 is 1. The Morgan fingerprint density at radius 3 is 2.55 bits per heavy atom. The maximum absolute atomic E-state index is 12.9. The largest absolute Gasteiger partial charge is 0.493 e. The van der Waals surface area contributed by atoms with Crippen molar-refractivity contribution in [2.75, 3.05) is 32.2 Å². The molecule has 1 aliphatic rings. The van der Waals surface area contributed by atoms with Crippen LogP contribution in [0.15, 0.2) is 36.4 Å². The number of hydrogen-bond acceptors (Lipinski definition) is 8. The van der Waals surface area contributed by atoms with Crippen LogP contribution < -0.4 is 20.1 Å². The number of nitrogens with one attached hydrogen (secondary N) is 2. The summed E-state index contributed by atoms with van der Waals surface area (Å²) >= 11 is 0. The van der Waals surface area contributed by atoms with Gasteiger partial charge in [0.2, 0.25) is 0 Å². The number of non-ortho nitro benzene ring substituents is 1. The predicted octanol–water partition coefficient (Wildman–Crippen LogP) is 2.48. The molecular formula is C23H29N3O7. The molecule has 1 fully saturated rings. The van der Waals surface area contributed by atoms with Crippen LogP contribution in [0.1, 0.15) is 35.2 Å². The minimum Gasteiger partial charge on any atom is -0.493 e. The third-order valence-electron chi connectivity index (χ3n) is 5.64. The number of ether oxygens (including phenoxy) is 2. The van der Waals surface area contributed by atoms with Crippen LogP contribution in [0.5, 0.6) is 11.5 Å². The molecule has 0 saturated heterocycles. The quantitative estimate of drug-likeness (QED) is 0.280. The van der Waals surface area contributed by atoms with Crippen LogP contribution in [0, 0.1) is 16.0 Å². The van der Waals surface area contributed by atoms with E-state index < -0.39 is 16.9 Å². The summed E-state index contributed by atoms with van der Waals surface area (Å²) in [6, 6.07) is 8.46. The number of anilines is 1. The molecule has 178 valence electrons. The van der Waals surface area contributed by atoms with E-state index in [4.69, 9.17) is 9.47 Å². The van der Waals surface area contributed by atoms with E-state index in [1.54, 1.807) is 19.2 Å². The summed E-state index contributed by atoms with van der Waals surface area (Å²) in [4.78, 5) is 23.4. The first-order valence-corrected chi connectivity index (χ1v) is 10.8. The number of amides is 1. The number of rotatable bonds is 12. The Morgan fingerprint density at radius 2 is 1.94 bits per heavy atom. The minimum atomic E-state index is -0.713. The second-order valence-electron chi connectivity index (χ2n) is 7.97. The van der Waals surface area contributed by atoms with Crippen LogP contribution in [0.2, 0.25) is 0 Å². The number of nitro groups is 1. The van der Waals surface area contributed by atoms with Crippen LogP contribution in [-0.4, -0.2) is 54.0 Å². The van der Waals surface area contributed by atoms with E-state index in [2.05, 4.69) is 10.6 Å². The molecule has 0 radical (unpaired) electrons. The lowest BCUT2D eigenvalue weighted by Gasteiger charge is -2.25. The van der Waals surface area contributed by atoms with Crippen LogP contribution >= 0.6 is 0 Å². The third kappa shape index (κ3) is 6.33. The first kappa shape index (κ1) is 24.3. The van der Waals surface area contributed by atoms with Gasteiger partial charge in [0, 0.05) is 24.4 Å². The first-order valence-electron chi connectivity index (χ1n) is 10.8. The molecule has 0 aliphatic heterocycles. The van der Waals surface area contributed by atoms with Crippen LogP contribution in [0.4, 0.5) is 11.4 Å². The lowest BCUT2D eigenvalue weighted by molar-refractivity contribution is -0.384. The zero-order valence-corrected chi connectivity index (χ0v) is 18.5. The molecule has 10 nitrogen and oxygen atoms in total. The lowest BCUT2D eigenvalue weighted by atomic mass is 9.86. The molecule has 4 N–H and O–H groups in total. The highest BCUT2D eigenvalue weighted by molar-refractivity contribution is 6.00. The normalized spacial score (nSPS) is 13.3. The van der Waals surface area contributed by atoms with Crippen LogP contribution in [-0.2, 0) is 6.54 Å². The highest BCUT2D eigenvalue weighted by atomic mass is 16.6. The molecule has 0 bridgehead atoms. The second kappa shape index (κ2) is 11.5. The Morgan fingerprint density at radius 1 is 1.18 bits per heavy atom. The molecule has 0 unspecified atom stereocenters. The Balaban J connectivity index is 1.71. The number of nitro benzene ring substituents is 1. The average Bonchev–Trinajstić information content (AvgIpc) is 2.80. The fraction of sp³-hybridized carbons (Fsp3) is 0.435. The van der Waals surface area contributed by atoms with Crippen LogP contribution in [0.3, 0.4) is 0 Å². The zero-order chi connectivity index (χ0) is 23.8. The van der Waals surface area contributed by atoms with Crippen molar-refractivity contribution in [3.05, 3.63) is 57.6 Å². The fourth-order valence-corrected chi connectivity index (χ4v) is 3.41. The van der Waals surface area contributed by atoms with Gasteiger partial charge in [-0.05, 0) is 42.5 Å². The van der Waals surface area contributed by atoms with E-state index in [-0.39, 0.29) is 36.7 Å². The highest BCUT2D eigenvalue weighted by Crippen LogP contribution is 2.32. The van der Waals surface area contributed by atoms with Gasteiger partial charge in [0.25, 0.3) is 11.6 Å². The molecule has 3 rings (SSSR count). The monoisotopic (exact) mass is 459 g/mol. The van der Waals surface area contributed by atoms with Crippen molar-refractivity contribution < 1.29 is 29.4 Å². The third-order valence-corrected chi connectivity index (χ3v) is 5.64. The Kier molecular flexibility index (Phi) is 8.45. The molecular weight excluding hydrogens is 430 g/mol. The SMILES string of the molecule is COc1cc(CNC(=O)c2cc([N+](=O)[O-])ccc2NC(CO)CO)ccc1OCC1CCC1. The molecule has 1 saturated carbocycles. The van der Waals surface area contributed by atoms with E-state index in [1.165, 1.54) is 31.4 Å². The molecule has 2 aromatic carbocycles. The van der Waals surface area contributed by atoms with Crippen molar-refractivity contribution >= 4 is 17.3 Å². The van der Waals surface area contributed by atoms with Gasteiger partial charge < -0.3 is 30.3 Å². The van der Waals surface area contributed by atoms with Crippen molar-refractivity contribution in [1.29, 1.82) is 0 Å². The van der Waals surface area contributed by atoms with E-state index in [1.807, 2.05) is 6.07 Å². The molecule has 0 atom stereocenters. The summed E-state index contributed by atoms with van der Waals surface area (Å²) in [7, 11) is 1.55. The number of carbonyl (C=O) groups excluding carboxylic acids is 1. The van der Waals surface area contributed by atoms with Gasteiger partial charge in [-0.2, -0.15) is 0 Å². The highest BCUT2D eigenvalue weighted by Gasteiger charge is 2.20. The van der Waals surface area contributed by atoms with Gasteiger partial charge in [0.05, 0.1) is 43.5 Å². The van der Waals surface area contributed by atoms with Crippen molar-refractivity contribution in [3.8, 4) is 11.5 Å². The minimum absolute atomic E-state index is 0.0310. The topological polar surface area (TPSA) is 143 Å². The summed E-state index contributed by atoms with van der Waals surface area (Å²) in [5.74, 6) is 1.25. The molecule has 0 aromatic heterocycles. The number of aliphatic hydroxyl groups is 2. The summed E-state index contributed by atoms with van der Waals surface area (Å²) in [6.07, 6.45) is 3.60. The van der Waals surface area contributed by atoms with E-state index in [9.17, 15) is 25.1 Å². The maximum Gasteiger partial charge on any atom is 0.270 e. The number of aliphatic hydroxyl groups excluding tert-OH is 2. The second-order valence-corrected chi connectivity index (χ2v) is 7.97. The van der Waals surface area contributed by atoms with Gasteiger partial charge in [-0.25, -0.2) is 0 Å². The Bertz CT molecular complexity index is 975. The summed E-state index contributed by atoms with van der Waals surface area (Å²) in [6.45, 7) is 0.0638. The van der Waals surface area contributed by atoms with Gasteiger partial charge in [0.15, 0.2) is 11.5 Å². The molecule has 0 heterocycles. The summed E-state index contributed by atoms with van der Waals surface area (Å²) < 4.78 is 11.3. The number of benzene rings is 2. The smallest absolute Gasteiger partial charge is 0.270 e. The molecule has 33 heavy (non-hydrogen) atoms. The van der Waals surface area contributed by atoms with Crippen molar-refractivity contribution in [3.63, 3.8) is 0 Å². The van der Waals surface area contributed by atoms with Gasteiger partial charge in [0.1, 0.15) is 0 Å². The average molecular weight is 459 g/mol. The van der Waals surface area contributed by atoms with E-state index in [0.717, 1.165) is 11.6 Å². The summed E-state index contributed by atoms with van der Waals surface area (Å²) in [5, 5.41) is 35.4. The van der Waals surface area contributed by atoms with Crippen molar-refractivity contribution in [2.24, 2.45) is 5.92 Å². The molecule has 2 aromatic rings. The van der Waals surface area contributed by atoms with Gasteiger partial charge >= 0.3 is 0 Å². The van der Waals surface area contributed by atoms with Crippen molar-refractivity contribution in [2.45, 2.75) is 31.8 Å². The predicted molar refractivity (Wildman–Crippen MR) is 122 cm³/mol. The lowest BCUT2D eigenvalue weighted by Crippen LogP contribution is -2.30. The zero-order valence-electron chi connectivity index (χ0n) is 18.5. The molecule has 1 amide bonds. The standard InChI is InChI=1S/C23H29N3O7/c1-32-22-9-16(5-8-21(22)33-14-15-3-2-4-15)11-24-23(29)19-10-18(26(30)31)6-7-20(19)25-17(12-27)13-28/h5-10,15,17,25,27-28H,2-4,11-14H2,1H3,(H,24,29). The van der Waals surface area contributed by atoms with Gasteiger partial charge in [-0.1, -0.05) is 12.5 Å². The van der Waals surface area contributed by atoms with Gasteiger partial charge in [-0.3, -0.25) is 14.9 Å². The Hall–Kier alpha value is -3.37. The fourth-order valence-electron chi connectivity index (χ4n) is 3.41. The Labute approximate surface area is 191 Å². The number of carbonyl (C=O) groups is 1.